The number of carboxylic acid groups (broad SMARTS) is 1. The predicted octanol–water partition coefficient (Wildman–Crippen LogP) is 1.58. The molecule has 0 bridgehead atoms. The molecule has 18 nitrogen and oxygen atoms in total. The van der Waals surface area contributed by atoms with E-state index in [0.29, 0.717) is 68.3 Å². The van der Waals surface area contributed by atoms with Gasteiger partial charge in [0.15, 0.2) is 5.95 Å². The molecule has 0 aliphatic carbocycles. The number of amides is 3. The number of aliphatic carboxylic acids is 1. The molecule has 2 aromatic carbocycles. The van der Waals surface area contributed by atoms with Gasteiger partial charge in [-0.15, -0.1) is 0 Å². The van der Waals surface area contributed by atoms with E-state index in [0.717, 1.165) is 17.5 Å². The molecular formula is C39H53N9O9S. The highest BCUT2D eigenvalue weighted by atomic mass is 32.2. The Bertz CT molecular complexity index is 2200. The molecule has 0 aliphatic rings. The number of fused-ring (bicyclic) bond motifs is 1. The fourth-order valence-electron chi connectivity index (χ4n) is 6.32. The van der Waals surface area contributed by atoms with Gasteiger partial charge in [-0.3, -0.25) is 24.0 Å². The van der Waals surface area contributed by atoms with E-state index in [9.17, 15) is 37.5 Å². The van der Waals surface area contributed by atoms with Gasteiger partial charge in [0, 0.05) is 82.8 Å². The first-order valence-corrected chi connectivity index (χ1v) is 20.5. The van der Waals surface area contributed by atoms with Crippen LogP contribution in [0.3, 0.4) is 0 Å². The summed E-state index contributed by atoms with van der Waals surface area (Å²) in [5, 5.41) is 21.2. The summed E-state index contributed by atoms with van der Waals surface area (Å²) in [4.78, 5) is 71.2. The molecule has 0 saturated carbocycles. The highest BCUT2D eigenvalue weighted by Crippen LogP contribution is 2.22. The lowest BCUT2D eigenvalue weighted by Crippen LogP contribution is -2.49. The third kappa shape index (κ3) is 13.2. The molecule has 0 aliphatic heterocycles. The number of nitrogens with one attached hydrogen (secondary N) is 6. The number of hydrogen-bond acceptors (Lipinski definition) is 11. The standard InChI is InChI=1S/C39H53N9O9S/c1-25-19-26(2)36(27(3)20-25)58(55,56)47-31(38(53)54)23-45-37(52)30-24-48(32-21-28(7-8-29(32)35(30)51)22-46-39-43-14-15-44-39)16-5-12-41-33(49)9-10-34(50)42-13-6-18-57-17-4-11-40/h7-8,14-15,19-21,24,31,47H,4-6,9-13,16-18,22-23,40H2,1-3H3,(H,41,49)(H,42,50)(H,45,52)(H,53,54)(H2,43,44,46)/t31-/m0/s1. The van der Waals surface area contributed by atoms with E-state index < -0.39 is 39.9 Å². The number of anilines is 1. The average Bonchev–Trinajstić information content (AvgIpc) is 3.70. The number of rotatable bonds is 24. The number of pyridine rings is 1. The van der Waals surface area contributed by atoms with Crippen LogP contribution >= 0.6 is 0 Å². The normalized spacial score (nSPS) is 11.9. The van der Waals surface area contributed by atoms with Crippen molar-refractivity contribution in [1.29, 1.82) is 0 Å². The van der Waals surface area contributed by atoms with Gasteiger partial charge in [0.2, 0.25) is 27.3 Å². The van der Waals surface area contributed by atoms with Crippen molar-refractivity contribution in [3.8, 4) is 0 Å². The number of sulfonamides is 1. The van der Waals surface area contributed by atoms with E-state index in [1.807, 2.05) is 6.92 Å². The number of aryl methyl sites for hydroxylation is 4. The summed E-state index contributed by atoms with van der Waals surface area (Å²) in [5.74, 6) is -2.44. The Labute approximate surface area is 336 Å². The third-order valence-corrected chi connectivity index (χ3v) is 10.8. The number of imidazole rings is 1. The van der Waals surface area contributed by atoms with Crippen molar-refractivity contribution in [3.63, 3.8) is 0 Å². The van der Waals surface area contributed by atoms with Crippen molar-refractivity contribution in [2.24, 2.45) is 5.73 Å². The Morgan fingerprint density at radius 1 is 0.948 bits per heavy atom. The highest BCUT2D eigenvalue weighted by Gasteiger charge is 2.29. The van der Waals surface area contributed by atoms with E-state index in [1.54, 1.807) is 61.1 Å². The molecular weight excluding hydrogens is 771 g/mol. The number of H-pyrrole nitrogens is 1. The quantitative estimate of drug-likeness (QED) is 0.0469. The minimum absolute atomic E-state index is 0.00609. The summed E-state index contributed by atoms with van der Waals surface area (Å²) >= 11 is 0. The second kappa shape index (κ2) is 21.8. The molecule has 1 atom stereocenters. The lowest BCUT2D eigenvalue weighted by molar-refractivity contribution is -0.138. The Morgan fingerprint density at radius 2 is 1.62 bits per heavy atom. The predicted molar refractivity (Wildman–Crippen MR) is 218 cm³/mol. The van der Waals surface area contributed by atoms with Crippen molar-refractivity contribution in [1.82, 2.24) is 35.2 Å². The number of nitrogens with zero attached hydrogens (tertiary/aromatic N) is 2. The zero-order valence-corrected chi connectivity index (χ0v) is 33.8. The Balaban J connectivity index is 1.43. The van der Waals surface area contributed by atoms with Gasteiger partial charge < -0.3 is 46.4 Å². The van der Waals surface area contributed by atoms with Crippen molar-refractivity contribution in [3.05, 3.63) is 87.0 Å². The molecule has 9 N–H and O–H groups in total. The molecule has 0 spiro atoms. The fraction of sp³-hybridized carbons (Fsp3) is 0.436. The van der Waals surface area contributed by atoms with Gasteiger partial charge >= 0.3 is 5.97 Å². The van der Waals surface area contributed by atoms with Gasteiger partial charge in [-0.1, -0.05) is 23.8 Å². The zero-order valence-electron chi connectivity index (χ0n) is 33.0. The first-order chi connectivity index (χ1) is 27.7. The number of carboxylic acids is 1. The van der Waals surface area contributed by atoms with Crippen molar-refractivity contribution in [2.45, 2.75) is 76.9 Å². The Hall–Kier alpha value is -5.63. The smallest absolute Gasteiger partial charge is 0.323 e. The van der Waals surface area contributed by atoms with Gasteiger partial charge in [-0.05, 0) is 75.4 Å². The van der Waals surface area contributed by atoms with Gasteiger partial charge in [-0.25, -0.2) is 13.4 Å². The summed E-state index contributed by atoms with van der Waals surface area (Å²) in [6, 6.07) is 6.70. The lowest BCUT2D eigenvalue weighted by Gasteiger charge is -2.19. The van der Waals surface area contributed by atoms with Gasteiger partial charge in [-0.2, -0.15) is 4.72 Å². The fourth-order valence-corrected chi connectivity index (χ4v) is 7.96. The van der Waals surface area contributed by atoms with Crippen LogP contribution in [0.2, 0.25) is 0 Å². The van der Waals surface area contributed by atoms with Gasteiger partial charge in [0.05, 0.1) is 10.4 Å². The van der Waals surface area contributed by atoms with Crippen molar-refractivity contribution < 1.29 is 37.4 Å². The first kappa shape index (κ1) is 45.1. The van der Waals surface area contributed by atoms with Crippen LogP contribution in [-0.4, -0.2) is 97.2 Å². The van der Waals surface area contributed by atoms with Crippen molar-refractivity contribution in [2.75, 3.05) is 44.7 Å². The van der Waals surface area contributed by atoms with E-state index in [1.165, 1.54) is 6.20 Å². The molecule has 58 heavy (non-hydrogen) atoms. The summed E-state index contributed by atoms with van der Waals surface area (Å²) < 4.78 is 35.9. The van der Waals surface area contributed by atoms with Crippen LogP contribution in [0.1, 0.15) is 64.7 Å². The Kier molecular flexibility index (Phi) is 16.9. The SMILES string of the molecule is Cc1cc(C)c(S(=O)(=O)N[C@@H](CNC(=O)c2cn(CCCNC(=O)CCC(=O)NCCCOCCCN)c3cc(CNc4ncc[nH]4)ccc3c2=O)C(=O)O)c(C)c1. The zero-order chi connectivity index (χ0) is 42.2. The van der Waals surface area contributed by atoms with Gasteiger partial charge in [0.1, 0.15) is 11.6 Å². The molecule has 0 radical (unpaired) electrons. The minimum Gasteiger partial charge on any atom is -0.480 e. The maximum absolute atomic E-state index is 13.7. The maximum Gasteiger partial charge on any atom is 0.323 e. The Morgan fingerprint density at radius 3 is 2.26 bits per heavy atom. The molecule has 2 heterocycles. The van der Waals surface area contributed by atoms with E-state index in [-0.39, 0.29) is 53.6 Å². The third-order valence-electron chi connectivity index (χ3n) is 9.04. The van der Waals surface area contributed by atoms with E-state index >= 15 is 0 Å². The number of ether oxygens (including phenoxy) is 1. The molecule has 19 heteroatoms. The van der Waals surface area contributed by atoms with Crippen LogP contribution in [0.15, 0.2) is 58.6 Å². The number of carbonyl (C=O) groups is 4. The molecule has 314 valence electrons. The molecule has 3 amide bonds. The summed E-state index contributed by atoms with van der Waals surface area (Å²) in [6.45, 7) is 7.29. The van der Waals surface area contributed by atoms with Crippen LogP contribution in [0.5, 0.6) is 0 Å². The molecule has 4 aromatic rings. The van der Waals surface area contributed by atoms with Crippen LogP contribution in [-0.2, 0) is 42.2 Å². The van der Waals surface area contributed by atoms with E-state index in [4.69, 9.17) is 10.5 Å². The number of benzene rings is 2. The molecule has 0 fully saturated rings. The van der Waals surface area contributed by atoms with Crippen molar-refractivity contribution >= 4 is 50.6 Å². The summed E-state index contributed by atoms with van der Waals surface area (Å²) in [6.07, 6.45) is 6.45. The lowest BCUT2D eigenvalue weighted by atomic mass is 10.1. The number of nitrogens with two attached hydrogens (primary N) is 1. The van der Waals surface area contributed by atoms with Gasteiger partial charge in [0.25, 0.3) is 5.91 Å². The topological polar surface area (TPSA) is 269 Å². The molecule has 4 rings (SSSR count). The largest absolute Gasteiger partial charge is 0.480 e. The molecule has 0 unspecified atom stereocenters. The van der Waals surface area contributed by atoms with Crippen LogP contribution < -0.4 is 37.2 Å². The highest BCUT2D eigenvalue weighted by molar-refractivity contribution is 7.89. The number of aromatic amines is 1. The first-order valence-electron chi connectivity index (χ1n) is 19.0. The van der Waals surface area contributed by atoms with Crippen LogP contribution in [0.4, 0.5) is 5.95 Å². The second-order valence-electron chi connectivity index (χ2n) is 13.8. The summed E-state index contributed by atoms with van der Waals surface area (Å²) in [5.41, 5.74) is 7.55. The number of hydrogen-bond donors (Lipinski definition) is 8. The second-order valence-corrected chi connectivity index (χ2v) is 15.5. The average molecular weight is 824 g/mol. The minimum atomic E-state index is -4.31. The molecule has 0 saturated heterocycles. The monoisotopic (exact) mass is 823 g/mol. The van der Waals surface area contributed by atoms with Crippen LogP contribution in [0, 0.1) is 20.8 Å². The maximum atomic E-state index is 13.7. The summed E-state index contributed by atoms with van der Waals surface area (Å²) in [7, 11) is -4.31. The number of carbonyl (C=O) groups excluding carboxylic acids is 3. The van der Waals surface area contributed by atoms with E-state index in [2.05, 4.69) is 36.0 Å². The molecule has 2 aromatic heterocycles. The van der Waals surface area contributed by atoms with Crippen LogP contribution in [0.25, 0.3) is 10.9 Å². The number of aromatic nitrogens is 3.